The molecular formula is C15H19FN2O4S. The molecule has 0 spiro atoms. The zero-order chi connectivity index (χ0) is 17.0. The van der Waals surface area contributed by atoms with Crippen molar-refractivity contribution in [3.63, 3.8) is 0 Å². The average molecular weight is 342 g/mol. The summed E-state index contributed by atoms with van der Waals surface area (Å²) in [5.74, 6) is -0.580. The maximum Gasteiger partial charge on any atom is 0.246 e. The molecular weight excluding hydrogens is 323 g/mol. The van der Waals surface area contributed by atoms with Crippen molar-refractivity contribution >= 4 is 22.0 Å². The van der Waals surface area contributed by atoms with E-state index in [0.29, 0.717) is 18.7 Å². The highest BCUT2D eigenvalue weighted by Gasteiger charge is 2.24. The molecule has 1 aromatic rings. The molecule has 8 heteroatoms. The summed E-state index contributed by atoms with van der Waals surface area (Å²) in [6.07, 6.45) is 4.04. The van der Waals surface area contributed by atoms with E-state index in [-0.39, 0.29) is 24.7 Å². The summed E-state index contributed by atoms with van der Waals surface area (Å²) < 4.78 is 42.6. The van der Waals surface area contributed by atoms with Gasteiger partial charge in [-0.2, -0.15) is 4.31 Å². The van der Waals surface area contributed by atoms with Crippen LogP contribution in [0.5, 0.6) is 5.75 Å². The van der Waals surface area contributed by atoms with E-state index in [2.05, 4.69) is 0 Å². The Morgan fingerprint density at radius 3 is 2.43 bits per heavy atom. The number of amides is 1. The lowest BCUT2D eigenvalue weighted by atomic mass is 10.2. The lowest BCUT2D eigenvalue weighted by Crippen LogP contribution is -2.49. The Kier molecular flexibility index (Phi) is 5.38. The number of carbonyl (C=O) groups excluding carboxylic acids is 1. The number of methoxy groups -OCH3 is 1. The lowest BCUT2D eigenvalue weighted by Gasteiger charge is -2.32. The van der Waals surface area contributed by atoms with Crippen LogP contribution in [-0.2, 0) is 14.8 Å². The number of sulfonamides is 1. The molecule has 126 valence electrons. The van der Waals surface area contributed by atoms with Gasteiger partial charge in [0.1, 0.15) is 0 Å². The average Bonchev–Trinajstić information content (AvgIpc) is 2.52. The SMILES string of the molecule is COc1ccc(/C=C/C(=O)N2CCN(S(C)(=O)=O)CC2)cc1F. The van der Waals surface area contributed by atoms with Gasteiger partial charge in [0.05, 0.1) is 13.4 Å². The van der Waals surface area contributed by atoms with E-state index in [9.17, 15) is 17.6 Å². The molecule has 0 unspecified atom stereocenters. The van der Waals surface area contributed by atoms with E-state index in [4.69, 9.17) is 4.74 Å². The molecule has 0 aromatic heterocycles. The summed E-state index contributed by atoms with van der Waals surface area (Å²) in [5.41, 5.74) is 0.548. The van der Waals surface area contributed by atoms with Gasteiger partial charge in [-0.05, 0) is 23.8 Å². The van der Waals surface area contributed by atoms with Crippen LogP contribution in [0.3, 0.4) is 0 Å². The molecule has 1 fully saturated rings. The maximum absolute atomic E-state index is 13.6. The molecule has 0 aliphatic carbocycles. The normalized spacial score (nSPS) is 16.7. The second kappa shape index (κ2) is 7.10. The Balaban J connectivity index is 1.96. The van der Waals surface area contributed by atoms with Crippen LogP contribution in [0.4, 0.5) is 4.39 Å². The number of hydrogen-bond acceptors (Lipinski definition) is 4. The van der Waals surface area contributed by atoms with Gasteiger partial charge in [-0.3, -0.25) is 4.79 Å². The first kappa shape index (κ1) is 17.4. The minimum atomic E-state index is -3.22. The van der Waals surface area contributed by atoms with E-state index in [1.54, 1.807) is 11.0 Å². The molecule has 0 saturated carbocycles. The van der Waals surface area contributed by atoms with Crippen LogP contribution in [0.2, 0.25) is 0 Å². The Hall–Kier alpha value is -1.93. The smallest absolute Gasteiger partial charge is 0.246 e. The second-order valence-corrected chi connectivity index (χ2v) is 7.20. The largest absolute Gasteiger partial charge is 0.494 e. The molecule has 23 heavy (non-hydrogen) atoms. The maximum atomic E-state index is 13.6. The number of halogens is 1. The highest BCUT2D eigenvalue weighted by Crippen LogP contribution is 2.18. The van der Waals surface area contributed by atoms with Crippen LogP contribution in [-0.4, -0.2) is 63.1 Å². The number of hydrogen-bond donors (Lipinski definition) is 0. The van der Waals surface area contributed by atoms with Crippen LogP contribution < -0.4 is 4.74 Å². The van der Waals surface area contributed by atoms with E-state index in [1.165, 1.54) is 35.7 Å². The monoisotopic (exact) mass is 342 g/mol. The molecule has 0 bridgehead atoms. The minimum absolute atomic E-state index is 0.144. The van der Waals surface area contributed by atoms with Crippen LogP contribution in [0.25, 0.3) is 6.08 Å². The predicted molar refractivity (Wildman–Crippen MR) is 85.0 cm³/mol. The highest BCUT2D eigenvalue weighted by molar-refractivity contribution is 7.88. The van der Waals surface area contributed by atoms with Crippen LogP contribution >= 0.6 is 0 Å². The number of carbonyl (C=O) groups is 1. The van der Waals surface area contributed by atoms with Crippen molar-refractivity contribution < 1.29 is 22.3 Å². The third-order valence-corrected chi connectivity index (χ3v) is 4.92. The molecule has 0 N–H and O–H groups in total. The summed E-state index contributed by atoms with van der Waals surface area (Å²) in [7, 11) is -1.84. The Bertz CT molecular complexity index is 710. The fourth-order valence-corrected chi connectivity index (χ4v) is 3.13. The predicted octanol–water partition coefficient (Wildman–Crippen LogP) is 0.951. The summed E-state index contributed by atoms with van der Waals surface area (Å²) in [6.45, 7) is 1.26. The van der Waals surface area contributed by atoms with Gasteiger partial charge in [0.15, 0.2) is 11.6 Å². The first-order chi connectivity index (χ1) is 10.8. The van der Waals surface area contributed by atoms with E-state index in [0.717, 1.165) is 6.26 Å². The number of nitrogens with zero attached hydrogens (tertiary/aromatic N) is 2. The van der Waals surface area contributed by atoms with Crippen molar-refractivity contribution in [1.82, 2.24) is 9.21 Å². The van der Waals surface area contributed by atoms with Gasteiger partial charge in [0.2, 0.25) is 15.9 Å². The van der Waals surface area contributed by atoms with Crippen molar-refractivity contribution in [2.24, 2.45) is 0 Å². The van der Waals surface area contributed by atoms with Crippen LogP contribution in [0.15, 0.2) is 24.3 Å². The summed E-state index contributed by atoms with van der Waals surface area (Å²) in [4.78, 5) is 13.7. The van der Waals surface area contributed by atoms with E-state index < -0.39 is 15.8 Å². The fraction of sp³-hybridized carbons (Fsp3) is 0.400. The third-order valence-electron chi connectivity index (χ3n) is 3.61. The van der Waals surface area contributed by atoms with Gasteiger partial charge in [-0.25, -0.2) is 12.8 Å². The standard InChI is InChI=1S/C15H19FN2O4S/c1-22-14-5-3-12(11-13(14)16)4-6-15(19)17-7-9-18(10-8-17)23(2,20)21/h3-6,11H,7-10H2,1-2H3/b6-4+. The topological polar surface area (TPSA) is 66.9 Å². The van der Waals surface area contributed by atoms with Gasteiger partial charge in [-0.1, -0.05) is 6.07 Å². The number of rotatable bonds is 4. The Morgan fingerprint density at radius 2 is 1.91 bits per heavy atom. The molecule has 1 aliphatic rings. The summed E-state index contributed by atoms with van der Waals surface area (Å²) in [6, 6.07) is 4.42. The molecule has 1 aliphatic heterocycles. The van der Waals surface area contributed by atoms with E-state index >= 15 is 0 Å². The molecule has 0 atom stereocenters. The Morgan fingerprint density at radius 1 is 1.26 bits per heavy atom. The van der Waals surface area contributed by atoms with Gasteiger partial charge < -0.3 is 9.64 Å². The van der Waals surface area contributed by atoms with Crippen molar-refractivity contribution in [3.8, 4) is 5.75 Å². The second-order valence-electron chi connectivity index (χ2n) is 5.21. The molecule has 1 saturated heterocycles. The quantitative estimate of drug-likeness (QED) is 0.764. The van der Waals surface area contributed by atoms with Crippen molar-refractivity contribution in [2.45, 2.75) is 0 Å². The minimum Gasteiger partial charge on any atom is -0.494 e. The first-order valence-electron chi connectivity index (χ1n) is 7.07. The Labute approximate surface area is 135 Å². The summed E-state index contributed by atoms with van der Waals surface area (Å²) >= 11 is 0. The zero-order valence-corrected chi connectivity index (χ0v) is 13.8. The summed E-state index contributed by atoms with van der Waals surface area (Å²) in [5, 5.41) is 0. The lowest BCUT2D eigenvalue weighted by molar-refractivity contribution is -0.127. The van der Waals surface area contributed by atoms with Gasteiger partial charge in [0.25, 0.3) is 0 Å². The first-order valence-corrected chi connectivity index (χ1v) is 8.92. The molecule has 0 radical (unpaired) electrons. The molecule has 6 nitrogen and oxygen atoms in total. The van der Waals surface area contributed by atoms with E-state index in [1.807, 2.05) is 0 Å². The number of benzene rings is 1. The number of piperazine rings is 1. The number of ether oxygens (including phenoxy) is 1. The van der Waals surface area contributed by atoms with Gasteiger partial charge in [-0.15, -0.1) is 0 Å². The van der Waals surface area contributed by atoms with Crippen LogP contribution in [0, 0.1) is 5.82 Å². The van der Waals surface area contributed by atoms with Crippen molar-refractivity contribution in [1.29, 1.82) is 0 Å². The molecule has 1 aromatic carbocycles. The van der Waals surface area contributed by atoms with Crippen molar-refractivity contribution in [2.75, 3.05) is 39.5 Å². The molecule has 1 amide bonds. The van der Waals surface area contributed by atoms with Gasteiger partial charge >= 0.3 is 0 Å². The fourth-order valence-electron chi connectivity index (χ4n) is 2.30. The highest BCUT2D eigenvalue weighted by atomic mass is 32.2. The van der Waals surface area contributed by atoms with Gasteiger partial charge in [0, 0.05) is 32.3 Å². The molecule has 2 rings (SSSR count). The third kappa shape index (κ3) is 4.52. The van der Waals surface area contributed by atoms with Crippen LogP contribution in [0.1, 0.15) is 5.56 Å². The molecule has 1 heterocycles. The zero-order valence-electron chi connectivity index (χ0n) is 13.0. The van der Waals surface area contributed by atoms with Crippen molar-refractivity contribution in [3.05, 3.63) is 35.7 Å².